The van der Waals surface area contributed by atoms with E-state index in [-0.39, 0.29) is 11.2 Å². The molecule has 10 heteroatoms. The van der Waals surface area contributed by atoms with Crippen molar-refractivity contribution in [3.05, 3.63) is 81.2 Å². The monoisotopic (exact) mass is 473 g/mol. The molecule has 180 valence electrons. The summed E-state index contributed by atoms with van der Waals surface area (Å²) in [5.74, 6) is 0.542. The van der Waals surface area contributed by atoms with Gasteiger partial charge in [-0.1, -0.05) is 24.3 Å². The van der Waals surface area contributed by atoms with Crippen LogP contribution in [0.15, 0.2) is 48.5 Å². The van der Waals surface area contributed by atoms with Crippen molar-refractivity contribution in [1.82, 2.24) is 20.6 Å². The molecule has 0 atom stereocenters. The number of imidazole rings is 1. The molecule has 0 aliphatic carbocycles. The standard InChI is InChI=1S/C24H26F3N5O2/c1-16-21(31-22(30-16)18-4-6-19(7-5-18)24(25,26)27)14-23(10-12-28-13-11-23)29-15-17-2-8-20(9-3-17)32(33)34/h2-9,28-29H,10-15H2,1H3,(H,30,31). The molecule has 3 aromatic rings. The number of aromatic amines is 1. The first-order valence-electron chi connectivity index (χ1n) is 11.1. The molecule has 1 fully saturated rings. The molecule has 1 aliphatic heterocycles. The number of hydrogen-bond acceptors (Lipinski definition) is 5. The minimum absolute atomic E-state index is 0.0586. The van der Waals surface area contributed by atoms with E-state index in [1.165, 1.54) is 24.3 Å². The van der Waals surface area contributed by atoms with Gasteiger partial charge in [0.1, 0.15) is 5.82 Å². The van der Waals surface area contributed by atoms with Gasteiger partial charge >= 0.3 is 6.18 Å². The molecular weight excluding hydrogens is 447 g/mol. The zero-order chi connectivity index (χ0) is 24.3. The lowest BCUT2D eigenvalue weighted by Crippen LogP contribution is -2.53. The largest absolute Gasteiger partial charge is 0.416 e. The van der Waals surface area contributed by atoms with E-state index in [1.54, 1.807) is 12.1 Å². The van der Waals surface area contributed by atoms with E-state index in [0.717, 1.165) is 55.0 Å². The molecule has 34 heavy (non-hydrogen) atoms. The fourth-order valence-corrected chi connectivity index (χ4v) is 4.29. The fraction of sp³-hybridized carbons (Fsp3) is 0.375. The van der Waals surface area contributed by atoms with Gasteiger partial charge in [-0.05, 0) is 50.6 Å². The van der Waals surface area contributed by atoms with Gasteiger partial charge in [0.05, 0.1) is 16.2 Å². The minimum atomic E-state index is -4.38. The third kappa shape index (κ3) is 5.45. The molecule has 7 nitrogen and oxygen atoms in total. The lowest BCUT2D eigenvalue weighted by Gasteiger charge is -2.38. The van der Waals surface area contributed by atoms with Gasteiger partial charge in [-0.3, -0.25) is 10.1 Å². The van der Waals surface area contributed by atoms with Crippen molar-refractivity contribution in [1.29, 1.82) is 0 Å². The number of rotatable bonds is 7. The van der Waals surface area contributed by atoms with Crippen molar-refractivity contribution in [2.24, 2.45) is 0 Å². The first kappa shape index (κ1) is 23.9. The first-order valence-corrected chi connectivity index (χ1v) is 11.1. The van der Waals surface area contributed by atoms with Crippen molar-refractivity contribution in [3.63, 3.8) is 0 Å². The number of non-ortho nitro benzene ring substituents is 1. The van der Waals surface area contributed by atoms with Crippen LogP contribution in [0.5, 0.6) is 0 Å². The number of piperidine rings is 1. The van der Waals surface area contributed by atoms with Gasteiger partial charge in [-0.2, -0.15) is 13.2 Å². The molecular formula is C24H26F3N5O2. The summed E-state index contributed by atoms with van der Waals surface area (Å²) in [6, 6.07) is 11.5. The number of halogens is 3. The first-order chi connectivity index (χ1) is 16.2. The molecule has 0 amide bonds. The maximum atomic E-state index is 12.9. The zero-order valence-electron chi connectivity index (χ0n) is 18.7. The van der Waals surface area contributed by atoms with Gasteiger partial charge in [0.25, 0.3) is 5.69 Å². The average Bonchev–Trinajstić information content (AvgIpc) is 3.18. The lowest BCUT2D eigenvalue weighted by molar-refractivity contribution is -0.384. The lowest BCUT2D eigenvalue weighted by atomic mass is 9.83. The van der Waals surface area contributed by atoms with Crippen molar-refractivity contribution >= 4 is 5.69 Å². The second-order valence-electron chi connectivity index (χ2n) is 8.72. The summed E-state index contributed by atoms with van der Waals surface area (Å²) in [6.07, 6.45) is -1.96. The van der Waals surface area contributed by atoms with E-state index < -0.39 is 16.7 Å². The van der Waals surface area contributed by atoms with Gasteiger partial charge < -0.3 is 15.6 Å². The molecule has 0 radical (unpaired) electrons. The van der Waals surface area contributed by atoms with Crippen LogP contribution in [0.3, 0.4) is 0 Å². The summed E-state index contributed by atoms with van der Waals surface area (Å²) in [4.78, 5) is 18.4. The third-order valence-electron chi connectivity index (χ3n) is 6.35. The van der Waals surface area contributed by atoms with E-state index >= 15 is 0 Å². The molecule has 1 saturated heterocycles. The Morgan fingerprint density at radius 3 is 2.32 bits per heavy atom. The van der Waals surface area contributed by atoms with Crippen LogP contribution in [0, 0.1) is 17.0 Å². The van der Waals surface area contributed by atoms with Crippen LogP contribution in [-0.4, -0.2) is 33.5 Å². The van der Waals surface area contributed by atoms with Gasteiger partial charge in [-0.15, -0.1) is 0 Å². The second kappa shape index (κ2) is 9.55. The van der Waals surface area contributed by atoms with Gasteiger partial charge in [0.15, 0.2) is 0 Å². The molecule has 0 bridgehead atoms. The van der Waals surface area contributed by atoms with Crippen LogP contribution >= 0.6 is 0 Å². The van der Waals surface area contributed by atoms with Crippen LogP contribution < -0.4 is 10.6 Å². The number of nitro groups is 1. The maximum Gasteiger partial charge on any atom is 0.416 e. The number of nitrogens with zero attached hydrogens (tertiary/aromatic N) is 2. The molecule has 3 N–H and O–H groups in total. The predicted molar refractivity (Wildman–Crippen MR) is 122 cm³/mol. The average molecular weight is 473 g/mol. The highest BCUT2D eigenvalue weighted by molar-refractivity contribution is 5.56. The molecule has 4 rings (SSSR count). The highest BCUT2D eigenvalue weighted by atomic mass is 19.4. The SMILES string of the molecule is Cc1[nH]c(-c2ccc(C(F)(F)F)cc2)nc1CC1(NCc2ccc([N+](=O)[O-])cc2)CCNCC1. The Balaban J connectivity index is 1.51. The molecule has 1 aromatic heterocycles. The quantitative estimate of drug-likeness (QED) is 0.340. The van der Waals surface area contributed by atoms with Crippen LogP contribution in [0.2, 0.25) is 0 Å². The highest BCUT2D eigenvalue weighted by Gasteiger charge is 2.33. The number of nitrogens with one attached hydrogen (secondary N) is 3. The normalized spacial score (nSPS) is 15.9. The molecule has 2 aromatic carbocycles. The molecule has 2 heterocycles. The van der Waals surface area contributed by atoms with E-state index in [2.05, 4.69) is 15.6 Å². The third-order valence-corrected chi connectivity index (χ3v) is 6.35. The Hall–Kier alpha value is -3.24. The van der Waals surface area contributed by atoms with Gasteiger partial charge in [0.2, 0.25) is 0 Å². The summed E-state index contributed by atoms with van der Waals surface area (Å²) in [6.45, 7) is 4.18. The van der Waals surface area contributed by atoms with Crippen molar-refractivity contribution in [2.75, 3.05) is 13.1 Å². The summed E-state index contributed by atoms with van der Waals surface area (Å²) < 4.78 is 38.6. The number of hydrogen-bond donors (Lipinski definition) is 3. The highest BCUT2D eigenvalue weighted by Crippen LogP contribution is 2.31. The van der Waals surface area contributed by atoms with E-state index in [9.17, 15) is 23.3 Å². The Morgan fingerprint density at radius 2 is 1.74 bits per heavy atom. The van der Waals surface area contributed by atoms with Crippen LogP contribution in [0.1, 0.15) is 35.4 Å². The van der Waals surface area contributed by atoms with Crippen molar-refractivity contribution in [2.45, 2.75) is 44.4 Å². The number of aryl methyl sites for hydroxylation is 1. The Labute approximate surface area is 195 Å². The number of alkyl halides is 3. The van der Waals surface area contributed by atoms with E-state index in [0.29, 0.717) is 24.4 Å². The molecule has 0 saturated carbocycles. The zero-order valence-corrected chi connectivity index (χ0v) is 18.7. The number of benzene rings is 2. The number of nitro benzene ring substituents is 1. The fourth-order valence-electron chi connectivity index (χ4n) is 4.29. The smallest absolute Gasteiger partial charge is 0.342 e. The summed E-state index contributed by atoms with van der Waals surface area (Å²) in [5, 5.41) is 17.9. The van der Waals surface area contributed by atoms with E-state index in [1.807, 2.05) is 6.92 Å². The van der Waals surface area contributed by atoms with Crippen LogP contribution in [0.25, 0.3) is 11.4 Å². The Morgan fingerprint density at radius 1 is 1.09 bits per heavy atom. The maximum absolute atomic E-state index is 12.9. The van der Waals surface area contributed by atoms with Gasteiger partial charge in [-0.25, -0.2) is 4.98 Å². The molecule has 1 aliphatic rings. The number of H-pyrrole nitrogens is 1. The molecule has 0 unspecified atom stereocenters. The van der Waals surface area contributed by atoms with Crippen molar-refractivity contribution < 1.29 is 18.1 Å². The van der Waals surface area contributed by atoms with Crippen LogP contribution in [-0.2, 0) is 19.1 Å². The second-order valence-corrected chi connectivity index (χ2v) is 8.72. The Bertz CT molecular complexity index is 1130. The summed E-state index contributed by atoms with van der Waals surface area (Å²) in [7, 11) is 0. The summed E-state index contributed by atoms with van der Waals surface area (Å²) in [5.41, 5.74) is 2.45. The van der Waals surface area contributed by atoms with E-state index in [4.69, 9.17) is 4.98 Å². The predicted octanol–water partition coefficient (Wildman–Crippen LogP) is 4.77. The van der Waals surface area contributed by atoms with Gasteiger partial charge in [0, 0.05) is 41.9 Å². The summed E-state index contributed by atoms with van der Waals surface area (Å²) >= 11 is 0. The van der Waals surface area contributed by atoms with Crippen LogP contribution in [0.4, 0.5) is 18.9 Å². The number of aromatic nitrogens is 2. The topological polar surface area (TPSA) is 95.9 Å². The molecule has 0 spiro atoms. The minimum Gasteiger partial charge on any atom is -0.342 e. The Kier molecular flexibility index (Phi) is 6.72. The van der Waals surface area contributed by atoms with Crippen molar-refractivity contribution in [3.8, 4) is 11.4 Å².